The Morgan fingerprint density at radius 1 is 1.13 bits per heavy atom. The number of ether oxygens (including phenoxy) is 3. The molecule has 0 amide bonds. The molecule has 1 aliphatic heterocycles. The van der Waals surface area contributed by atoms with Crippen LogP contribution in [0, 0.1) is 16.0 Å². The van der Waals surface area contributed by atoms with Gasteiger partial charge in [-0.1, -0.05) is 44.2 Å². The number of hydrogen-bond acceptors (Lipinski definition) is 10. The van der Waals surface area contributed by atoms with E-state index in [1.165, 1.54) is 18.2 Å². The first kappa shape index (κ1) is 35.2. The summed E-state index contributed by atoms with van der Waals surface area (Å²) in [5.74, 6) is -5.78. The van der Waals surface area contributed by atoms with Gasteiger partial charge in [0.1, 0.15) is 30.1 Å². The second-order valence-electron chi connectivity index (χ2n) is 10.7. The molecule has 3 atom stereocenters. The molecule has 2 aromatic rings. The minimum atomic E-state index is -5.09. The van der Waals surface area contributed by atoms with E-state index in [1.807, 2.05) is 26.0 Å². The van der Waals surface area contributed by atoms with Gasteiger partial charge >= 0.3 is 18.1 Å². The molecule has 1 aliphatic rings. The van der Waals surface area contributed by atoms with Crippen molar-refractivity contribution in [1.29, 1.82) is 0 Å². The number of nitro benzene ring substituents is 1. The maximum absolute atomic E-state index is 14.1. The largest absolute Gasteiger partial charge is 0.491 e. The standard InChI is InChI=1S/C31H36F3N3O8/c1-18(2)35-16-21(38)17-45-22-13-11-20(12-14-22)8-7-15-44-30(40)25-19(3)36-28(31(32,33)34)27(29(39)43-4)26(25)23-9-5-6-10-24(23)37(41)42/h5-6,9-14,18,21,26-27,35,38H,7-8,15-17H2,1-4H3. The summed E-state index contributed by atoms with van der Waals surface area (Å²) in [5.41, 5.74) is -2.28. The molecule has 0 saturated carbocycles. The van der Waals surface area contributed by atoms with Crippen molar-refractivity contribution in [2.45, 2.75) is 57.9 Å². The fraction of sp³-hybridized carbons (Fsp3) is 0.452. The van der Waals surface area contributed by atoms with Crippen LogP contribution in [0.4, 0.5) is 18.9 Å². The highest BCUT2D eigenvalue weighted by molar-refractivity contribution is 6.10. The lowest BCUT2D eigenvalue weighted by Crippen LogP contribution is -2.44. The number of rotatable bonds is 14. The van der Waals surface area contributed by atoms with Crippen molar-refractivity contribution in [2.75, 3.05) is 26.9 Å². The SMILES string of the molecule is COC(=O)C1C(C(F)(F)F)=NC(C)=C(C(=O)OCCCc2ccc(OCC(O)CNC(C)C)cc2)C1c1ccccc1[N+](=O)[O-]. The average Bonchev–Trinajstić information content (AvgIpc) is 3.00. The summed E-state index contributed by atoms with van der Waals surface area (Å²) >= 11 is 0. The number of para-hydroxylation sites is 1. The molecule has 2 aromatic carbocycles. The molecular weight excluding hydrogens is 599 g/mol. The Kier molecular flexibility index (Phi) is 12.2. The number of aryl methyl sites for hydroxylation is 1. The number of methoxy groups -OCH3 is 1. The Balaban J connectivity index is 1.75. The first-order chi connectivity index (χ1) is 21.2. The molecule has 3 rings (SSSR count). The molecule has 11 nitrogen and oxygen atoms in total. The highest BCUT2D eigenvalue weighted by atomic mass is 19.4. The number of aliphatic imine (C=N–C) groups is 1. The van der Waals surface area contributed by atoms with Gasteiger partial charge in [0.25, 0.3) is 5.69 Å². The van der Waals surface area contributed by atoms with E-state index >= 15 is 0 Å². The van der Waals surface area contributed by atoms with Gasteiger partial charge in [-0.2, -0.15) is 13.2 Å². The van der Waals surface area contributed by atoms with Gasteiger partial charge in [-0.25, -0.2) is 4.79 Å². The number of alkyl halides is 3. The number of nitrogens with zero attached hydrogens (tertiary/aromatic N) is 2. The van der Waals surface area contributed by atoms with Gasteiger partial charge in [0.2, 0.25) is 0 Å². The number of aliphatic hydroxyl groups excluding tert-OH is 1. The predicted octanol–water partition coefficient (Wildman–Crippen LogP) is 4.67. The number of nitro groups is 1. The van der Waals surface area contributed by atoms with Gasteiger partial charge in [0, 0.05) is 35.8 Å². The highest BCUT2D eigenvalue weighted by Gasteiger charge is 2.53. The van der Waals surface area contributed by atoms with Crippen LogP contribution in [0.5, 0.6) is 5.75 Å². The molecule has 14 heteroatoms. The number of halogens is 3. The van der Waals surface area contributed by atoms with E-state index in [4.69, 9.17) is 9.47 Å². The maximum Gasteiger partial charge on any atom is 0.430 e. The molecule has 0 radical (unpaired) electrons. The second-order valence-corrected chi connectivity index (χ2v) is 10.7. The van der Waals surface area contributed by atoms with Crippen molar-refractivity contribution in [1.82, 2.24) is 5.32 Å². The van der Waals surface area contributed by atoms with Crippen molar-refractivity contribution >= 4 is 23.3 Å². The van der Waals surface area contributed by atoms with E-state index in [1.54, 1.807) is 12.1 Å². The zero-order chi connectivity index (χ0) is 33.3. The molecule has 2 N–H and O–H groups in total. The molecule has 0 saturated heterocycles. The van der Waals surface area contributed by atoms with Gasteiger partial charge in [0.15, 0.2) is 0 Å². The number of aliphatic hydroxyl groups is 1. The summed E-state index contributed by atoms with van der Waals surface area (Å²) in [6.07, 6.45) is -4.96. The monoisotopic (exact) mass is 635 g/mol. The van der Waals surface area contributed by atoms with Crippen LogP contribution in [-0.4, -0.2) is 72.9 Å². The summed E-state index contributed by atoms with van der Waals surface area (Å²) in [7, 11) is 0.878. The highest BCUT2D eigenvalue weighted by Crippen LogP contribution is 2.46. The molecule has 1 heterocycles. The molecule has 0 aromatic heterocycles. The van der Waals surface area contributed by atoms with Crippen LogP contribution < -0.4 is 10.1 Å². The van der Waals surface area contributed by atoms with Crippen LogP contribution in [0.1, 0.15) is 44.2 Å². The number of carbonyl (C=O) groups is 2. The third-order valence-electron chi connectivity index (χ3n) is 7.02. The van der Waals surface area contributed by atoms with Gasteiger partial charge < -0.3 is 24.6 Å². The average molecular weight is 636 g/mol. The molecule has 0 aliphatic carbocycles. The third-order valence-corrected chi connectivity index (χ3v) is 7.02. The van der Waals surface area contributed by atoms with Crippen molar-refractivity contribution in [3.05, 3.63) is 81.0 Å². The number of nitrogens with one attached hydrogen (secondary N) is 1. The molecular formula is C31H36F3N3O8. The zero-order valence-corrected chi connectivity index (χ0v) is 25.3. The summed E-state index contributed by atoms with van der Waals surface area (Å²) < 4.78 is 57.9. The lowest BCUT2D eigenvalue weighted by Gasteiger charge is -2.32. The minimum absolute atomic E-state index is 0.114. The van der Waals surface area contributed by atoms with E-state index in [2.05, 4.69) is 15.0 Å². The lowest BCUT2D eigenvalue weighted by atomic mass is 9.74. The number of allylic oxidation sites excluding steroid dienone is 1. The van der Waals surface area contributed by atoms with Crippen LogP contribution in [-0.2, 0) is 25.5 Å². The van der Waals surface area contributed by atoms with E-state index in [9.17, 15) is 38.0 Å². The molecule has 0 fully saturated rings. The minimum Gasteiger partial charge on any atom is -0.491 e. The quantitative estimate of drug-likeness (QED) is 0.131. The normalized spacial score (nSPS) is 17.5. The van der Waals surface area contributed by atoms with Crippen LogP contribution in [0.25, 0.3) is 0 Å². The summed E-state index contributed by atoms with van der Waals surface area (Å²) in [6.45, 7) is 5.47. The first-order valence-corrected chi connectivity index (χ1v) is 14.2. The van der Waals surface area contributed by atoms with Crippen LogP contribution >= 0.6 is 0 Å². The molecule has 3 unspecified atom stereocenters. The van der Waals surface area contributed by atoms with Gasteiger partial charge in [0.05, 0.1) is 24.2 Å². The van der Waals surface area contributed by atoms with Crippen LogP contribution in [0.3, 0.4) is 0 Å². The van der Waals surface area contributed by atoms with E-state index in [-0.39, 0.29) is 30.5 Å². The number of benzene rings is 2. The topological polar surface area (TPSA) is 150 Å². The molecule has 244 valence electrons. The lowest BCUT2D eigenvalue weighted by molar-refractivity contribution is -0.385. The molecule has 45 heavy (non-hydrogen) atoms. The predicted molar refractivity (Wildman–Crippen MR) is 158 cm³/mol. The smallest absolute Gasteiger partial charge is 0.430 e. The zero-order valence-electron chi connectivity index (χ0n) is 25.3. The van der Waals surface area contributed by atoms with Crippen molar-refractivity contribution < 1.29 is 47.0 Å². The van der Waals surface area contributed by atoms with E-state index < -0.39 is 58.0 Å². The van der Waals surface area contributed by atoms with Crippen LogP contribution in [0.15, 0.2) is 64.8 Å². The summed E-state index contributed by atoms with van der Waals surface area (Å²) in [5, 5.41) is 24.9. The van der Waals surface area contributed by atoms with E-state index in [0.717, 1.165) is 25.7 Å². The number of hydrogen-bond donors (Lipinski definition) is 2. The molecule has 0 bridgehead atoms. The van der Waals surface area contributed by atoms with Crippen molar-refractivity contribution in [3.8, 4) is 5.75 Å². The number of esters is 2. The van der Waals surface area contributed by atoms with Gasteiger partial charge in [-0.05, 0) is 37.5 Å². The maximum atomic E-state index is 14.1. The van der Waals surface area contributed by atoms with Gasteiger partial charge in [-0.15, -0.1) is 0 Å². The fourth-order valence-corrected chi connectivity index (χ4v) is 4.90. The Hall–Kier alpha value is -4.30. The number of carbonyl (C=O) groups excluding carboxylic acids is 2. The van der Waals surface area contributed by atoms with Gasteiger partial charge in [-0.3, -0.25) is 19.9 Å². The summed E-state index contributed by atoms with van der Waals surface area (Å²) in [4.78, 5) is 40.7. The second kappa shape index (κ2) is 15.6. The van der Waals surface area contributed by atoms with Crippen molar-refractivity contribution in [2.24, 2.45) is 10.9 Å². The Labute approximate surface area is 258 Å². The Morgan fingerprint density at radius 2 is 1.80 bits per heavy atom. The van der Waals surface area contributed by atoms with Crippen LogP contribution in [0.2, 0.25) is 0 Å². The first-order valence-electron chi connectivity index (χ1n) is 14.2. The summed E-state index contributed by atoms with van der Waals surface area (Å²) in [6, 6.07) is 12.3. The molecule has 0 spiro atoms. The fourth-order valence-electron chi connectivity index (χ4n) is 4.90. The third kappa shape index (κ3) is 9.35. The Bertz CT molecular complexity index is 1420. The Morgan fingerprint density at radius 3 is 2.40 bits per heavy atom. The van der Waals surface area contributed by atoms with E-state index in [0.29, 0.717) is 25.1 Å². The van der Waals surface area contributed by atoms with Crippen molar-refractivity contribution in [3.63, 3.8) is 0 Å².